The van der Waals surface area contributed by atoms with Gasteiger partial charge in [0.2, 0.25) is 5.43 Å². The van der Waals surface area contributed by atoms with Crippen LogP contribution in [0.2, 0.25) is 0 Å². The van der Waals surface area contributed by atoms with Gasteiger partial charge in [0.25, 0.3) is 0 Å². The van der Waals surface area contributed by atoms with Gasteiger partial charge in [-0.1, -0.05) is 43.2 Å². The Hall–Kier alpha value is -2.56. The minimum atomic E-state index is -0.376. The number of rotatable bonds is 3. The molecule has 1 spiro atoms. The number of fused-ring (bicyclic) bond motifs is 1. The van der Waals surface area contributed by atoms with E-state index in [4.69, 9.17) is 4.74 Å². The maximum atomic E-state index is 13.1. The van der Waals surface area contributed by atoms with Crippen LogP contribution in [0.4, 0.5) is 0 Å². The average Bonchev–Trinajstić information content (AvgIpc) is 3.08. The van der Waals surface area contributed by atoms with Gasteiger partial charge >= 0.3 is 0 Å². The molecular formula is C19H20N2O3. The van der Waals surface area contributed by atoms with Crippen LogP contribution in [0.15, 0.2) is 47.4 Å². The second kappa shape index (κ2) is 5.82. The summed E-state index contributed by atoms with van der Waals surface area (Å²) in [7, 11) is 0. The second-order valence-corrected chi connectivity index (χ2v) is 6.65. The Morgan fingerprint density at radius 3 is 2.58 bits per heavy atom. The van der Waals surface area contributed by atoms with Crippen LogP contribution in [0.1, 0.15) is 41.7 Å². The molecule has 1 aliphatic heterocycles. The molecule has 5 nitrogen and oxygen atoms in total. The Balaban J connectivity index is 1.70. The van der Waals surface area contributed by atoms with Gasteiger partial charge in [0, 0.05) is 18.8 Å². The minimum absolute atomic E-state index is 0.0412. The molecule has 0 atom stereocenters. The Bertz CT molecular complexity index is 820. The summed E-state index contributed by atoms with van der Waals surface area (Å²) in [5, 5.41) is 0. The van der Waals surface area contributed by atoms with Gasteiger partial charge in [0.15, 0.2) is 17.2 Å². The molecule has 1 aliphatic carbocycles. The van der Waals surface area contributed by atoms with Crippen LogP contribution in [0.5, 0.6) is 5.75 Å². The quantitative estimate of drug-likeness (QED) is 0.943. The lowest BCUT2D eigenvalue weighted by Gasteiger charge is -2.35. The van der Waals surface area contributed by atoms with Gasteiger partial charge in [-0.25, -0.2) is 0 Å². The van der Waals surface area contributed by atoms with Crippen LogP contribution in [0, 0.1) is 5.41 Å². The van der Waals surface area contributed by atoms with Crippen LogP contribution in [-0.4, -0.2) is 17.0 Å². The molecule has 0 unspecified atom stereocenters. The van der Waals surface area contributed by atoms with Crippen LogP contribution in [-0.2, 0) is 6.61 Å². The lowest BCUT2D eigenvalue weighted by atomic mass is 9.79. The molecule has 0 amide bonds. The molecule has 2 aromatic rings. The number of ether oxygens (including phenoxy) is 1. The number of aromatic nitrogens is 1. The molecular weight excluding hydrogens is 304 g/mol. The highest BCUT2D eigenvalue weighted by Crippen LogP contribution is 2.43. The zero-order chi connectivity index (χ0) is 16.6. The summed E-state index contributed by atoms with van der Waals surface area (Å²) in [5.41, 5.74) is 3.98. The number of benzene rings is 1. The lowest BCUT2D eigenvalue weighted by Crippen LogP contribution is -2.46. The fourth-order valence-electron chi connectivity index (χ4n) is 3.76. The maximum absolute atomic E-state index is 13.1. The first-order valence-corrected chi connectivity index (χ1v) is 8.41. The zero-order valence-corrected chi connectivity index (χ0v) is 13.5. The number of ketones is 1. The summed E-state index contributed by atoms with van der Waals surface area (Å²) in [6.45, 7) is 0.896. The topological polar surface area (TPSA) is 60.3 Å². The van der Waals surface area contributed by atoms with Crippen LogP contribution < -0.4 is 15.6 Å². The van der Waals surface area contributed by atoms with E-state index in [2.05, 4.69) is 5.43 Å². The van der Waals surface area contributed by atoms with E-state index in [1.165, 1.54) is 6.07 Å². The molecule has 0 saturated heterocycles. The van der Waals surface area contributed by atoms with Crippen molar-refractivity contribution < 1.29 is 9.53 Å². The van der Waals surface area contributed by atoms with Crippen molar-refractivity contribution >= 4 is 5.78 Å². The number of nitrogens with one attached hydrogen (secondary N) is 1. The molecule has 0 radical (unpaired) electrons. The highest BCUT2D eigenvalue weighted by Gasteiger charge is 2.46. The average molecular weight is 324 g/mol. The van der Waals surface area contributed by atoms with Crippen molar-refractivity contribution in [2.45, 2.75) is 32.3 Å². The number of Topliss-reactive ketones (excluding diaryl/α,β-unsaturated/α-hetero) is 1. The van der Waals surface area contributed by atoms with Crippen molar-refractivity contribution in [2.24, 2.45) is 5.41 Å². The molecule has 1 aromatic carbocycles. The number of hydrogen-bond acceptors (Lipinski definition) is 4. The molecule has 1 aromatic heterocycles. The van der Waals surface area contributed by atoms with E-state index in [1.54, 1.807) is 10.9 Å². The van der Waals surface area contributed by atoms with Gasteiger partial charge in [-0.05, 0) is 18.4 Å². The molecule has 1 N–H and O–H groups in total. The smallest absolute Gasteiger partial charge is 0.224 e. The maximum Gasteiger partial charge on any atom is 0.224 e. The summed E-state index contributed by atoms with van der Waals surface area (Å²) < 4.78 is 7.45. The van der Waals surface area contributed by atoms with Crippen LogP contribution in [0.3, 0.4) is 0 Å². The van der Waals surface area contributed by atoms with E-state index in [-0.39, 0.29) is 29.0 Å². The molecule has 2 heterocycles. The Kier molecular flexibility index (Phi) is 3.63. The minimum Gasteiger partial charge on any atom is -0.483 e. The van der Waals surface area contributed by atoms with E-state index in [1.807, 2.05) is 30.3 Å². The fourth-order valence-corrected chi connectivity index (χ4v) is 3.76. The second-order valence-electron chi connectivity index (χ2n) is 6.65. The monoisotopic (exact) mass is 324 g/mol. The molecule has 4 rings (SSSR count). The first kappa shape index (κ1) is 15.0. The fraction of sp³-hybridized carbons (Fsp3) is 0.368. The van der Waals surface area contributed by atoms with E-state index in [0.717, 1.165) is 31.2 Å². The highest BCUT2D eigenvalue weighted by atomic mass is 16.5. The van der Waals surface area contributed by atoms with Crippen molar-refractivity contribution in [1.82, 2.24) is 4.68 Å². The van der Waals surface area contributed by atoms with Crippen LogP contribution >= 0.6 is 0 Å². The predicted molar refractivity (Wildman–Crippen MR) is 90.9 cm³/mol. The molecule has 124 valence electrons. The zero-order valence-electron chi connectivity index (χ0n) is 13.5. The standard InChI is InChI=1S/C19H20N2O3/c22-15-8-11-21-16(17(15)24-12-14-6-2-1-3-7-14)18(23)19(13-20-21)9-4-5-10-19/h1-3,6-8,11,20H,4-5,9-10,12-13H2. The lowest BCUT2D eigenvalue weighted by molar-refractivity contribution is 0.0773. The van der Waals surface area contributed by atoms with Crippen molar-refractivity contribution in [2.75, 3.05) is 12.0 Å². The van der Waals surface area contributed by atoms with Gasteiger partial charge in [0.1, 0.15) is 6.61 Å². The van der Waals surface area contributed by atoms with E-state index < -0.39 is 0 Å². The highest BCUT2D eigenvalue weighted by molar-refractivity contribution is 6.02. The Labute approximate surface area is 140 Å². The summed E-state index contributed by atoms with van der Waals surface area (Å²) in [4.78, 5) is 25.5. The Morgan fingerprint density at radius 1 is 1.08 bits per heavy atom. The number of nitrogens with zero attached hydrogens (tertiary/aromatic N) is 1. The van der Waals surface area contributed by atoms with Crippen molar-refractivity contribution in [3.63, 3.8) is 0 Å². The summed E-state index contributed by atoms with van der Waals surface area (Å²) in [6.07, 6.45) is 5.49. The molecule has 1 saturated carbocycles. The predicted octanol–water partition coefficient (Wildman–Crippen LogP) is 2.73. The first-order valence-electron chi connectivity index (χ1n) is 8.41. The van der Waals surface area contributed by atoms with Gasteiger partial charge < -0.3 is 10.2 Å². The molecule has 0 bridgehead atoms. The van der Waals surface area contributed by atoms with E-state index in [0.29, 0.717) is 12.2 Å². The number of hydrogen-bond donors (Lipinski definition) is 1. The number of pyridine rings is 1. The third kappa shape index (κ3) is 2.40. The summed E-state index contributed by atoms with van der Waals surface area (Å²) in [6, 6.07) is 11.1. The van der Waals surface area contributed by atoms with Crippen molar-refractivity contribution in [3.05, 3.63) is 64.1 Å². The molecule has 24 heavy (non-hydrogen) atoms. The Morgan fingerprint density at radius 2 is 1.83 bits per heavy atom. The molecule has 1 fully saturated rings. The van der Waals surface area contributed by atoms with E-state index >= 15 is 0 Å². The molecule has 2 aliphatic rings. The van der Waals surface area contributed by atoms with Crippen LogP contribution in [0.25, 0.3) is 0 Å². The van der Waals surface area contributed by atoms with Crippen molar-refractivity contribution in [3.8, 4) is 5.75 Å². The third-order valence-electron chi connectivity index (χ3n) is 5.13. The van der Waals surface area contributed by atoms with Gasteiger partial charge in [0.05, 0.1) is 5.41 Å². The SMILES string of the molecule is O=C1c2c(OCc3ccccc3)c(=O)ccn2NCC12CCCC2. The van der Waals surface area contributed by atoms with Crippen molar-refractivity contribution in [1.29, 1.82) is 0 Å². The normalized spacial score (nSPS) is 18.2. The van der Waals surface area contributed by atoms with Gasteiger partial charge in [-0.15, -0.1) is 0 Å². The summed E-state index contributed by atoms with van der Waals surface area (Å²) in [5.74, 6) is 0.198. The van der Waals surface area contributed by atoms with E-state index in [9.17, 15) is 9.59 Å². The number of carbonyl (C=O) groups excluding carboxylic acids is 1. The van der Waals surface area contributed by atoms with Gasteiger partial charge in [-0.2, -0.15) is 0 Å². The summed E-state index contributed by atoms with van der Waals surface area (Å²) >= 11 is 0. The first-order chi connectivity index (χ1) is 11.7. The molecule has 5 heteroatoms. The van der Waals surface area contributed by atoms with Gasteiger partial charge in [-0.3, -0.25) is 14.3 Å². The largest absolute Gasteiger partial charge is 0.483 e. The number of carbonyl (C=O) groups is 1. The third-order valence-corrected chi connectivity index (χ3v) is 5.13.